The number of ketones is 1. The number of esters is 1. The van der Waals surface area contributed by atoms with Crippen LogP contribution >= 0.6 is 0 Å². The smallest absolute Gasteiger partial charge is 0.313 e. The number of imide groups is 1. The molecule has 0 aliphatic carbocycles. The van der Waals surface area contributed by atoms with Gasteiger partial charge in [-0.1, -0.05) is 12.1 Å². The molecule has 0 aromatic heterocycles. The predicted octanol–water partition coefficient (Wildman–Crippen LogP) is 0.805. The molecule has 0 saturated heterocycles. The molecule has 20 heavy (non-hydrogen) atoms. The van der Waals surface area contributed by atoms with Crippen molar-refractivity contribution in [2.45, 2.75) is 13.3 Å². The molecule has 2 amide bonds. The first-order valence-electron chi connectivity index (χ1n) is 6.17. The lowest BCUT2D eigenvalue weighted by atomic mass is 10.1. The van der Waals surface area contributed by atoms with Crippen LogP contribution < -0.4 is 0 Å². The van der Waals surface area contributed by atoms with Gasteiger partial charge in [0.1, 0.15) is 6.42 Å². The van der Waals surface area contributed by atoms with Crippen LogP contribution in [0.4, 0.5) is 0 Å². The molecule has 6 nitrogen and oxygen atoms in total. The Balaban J connectivity index is 2.05. The van der Waals surface area contributed by atoms with Crippen molar-refractivity contribution >= 4 is 23.6 Å². The summed E-state index contributed by atoms with van der Waals surface area (Å²) in [7, 11) is 0. The van der Waals surface area contributed by atoms with Crippen LogP contribution in [0.1, 0.15) is 34.1 Å². The first-order chi connectivity index (χ1) is 9.54. The quantitative estimate of drug-likeness (QED) is 0.451. The van der Waals surface area contributed by atoms with Gasteiger partial charge in [-0.15, -0.1) is 0 Å². The molecule has 0 bridgehead atoms. The van der Waals surface area contributed by atoms with Gasteiger partial charge in [-0.05, 0) is 19.1 Å². The van der Waals surface area contributed by atoms with Crippen molar-refractivity contribution in [1.82, 2.24) is 4.90 Å². The maximum Gasteiger partial charge on any atom is 0.313 e. The Morgan fingerprint density at radius 3 is 2.15 bits per heavy atom. The lowest BCUT2D eigenvalue weighted by Crippen LogP contribution is -2.35. The molecule has 104 valence electrons. The van der Waals surface area contributed by atoms with Crippen molar-refractivity contribution in [2.24, 2.45) is 0 Å². The third kappa shape index (κ3) is 2.59. The van der Waals surface area contributed by atoms with E-state index in [0.717, 1.165) is 4.90 Å². The number of amides is 2. The highest BCUT2D eigenvalue weighted by molar-refractivity contribution is 6.22. The van der Waals surface area contributed by atoms with E-state index in [-0.39, 0.29) is 17.7 Å². The normalized spacial score (nSPS) is 13.3. The zero-order valence-electron chi connectivity index (χ0n) is 10.9. The summed E-state index contributed by atoms with van der Waals surface area (Å²) in [6, 6.07) is 6.36. The van der Waals surface area contributed by atoms with Crippen molar-refractivity contribution in [1.29, 1.82) is 0 Å². The van der Waals surface area contributed by atoms with Crippen molar-refractivity contribution in [2.75, 3.05) is 13.2 Å². The minimum atomic E-state index is -0.658. The fourth-order valence-corrected chi connectivity index (χ4v) is 1.99. The highest BCUT2D eigenvalue weighted by atomic mass is 16.5. The molecule has 2 rings (SSSR count). The van der Waals surface area contributed by atoms with Gasteiger partial charge >= 0.3 is 5.97 Å². The number of rotatable bonds is 5. The third-order valence-electron chi connectivity index (χ3n) is 2.86. The van der Waals surface area contributed by atoms with Gasteiger partial charge in [-0.2, -0.15) is 0 Å². The maximum atomic E-state index is 12.0. The van der Waals surface area contributed by atoms with Crippen LogP contribution in [0.5, 0.6) is 0 Å². The zero-order valence-corrected chi connectivity index (χ0v) is 10.9. The molecular formula is C14H13NO5. The first-order valence-corrected chi connectivity index (χ1v) is 6.17. The fraction of sp³-hybridized carbons (Fsp3) is 0.286. The number of hydrogen-bond donors (Lipinski definition) is 0. The standard InChI is InChI=1S/C14H13NO5/c1-2-20-12(17)7-9(16)8-15-13(18)10-5-3-4-6-11(10)14(15)19/h3-6H,2,7-8H2,1H3. The number of carbonyl (C=O) groups is 4. The van der Waals surface area contributed by atoms with E-state index in [9.17, 15) is 19.2 Å². The summed E-state index contributed by atoms with van der Waals surface area (Å²) in [5.74, 6) is -2.21. The SMILES string of the molecule is CCOC(=O)CC(=O)CN1C(=O)c2ccccc2C1=O. The Morgan fingerprint density at radius 1 is 1.10 bits per heavy atom. The fourth-order valence-electron chi connectivity index (χ4n) is 1.99. The van der Waals surface area contributed by atoms with Crippen molar-refractivity contribution < 1.29 is 23.9 Å². The van der Waals surface area contributed by atoms with Gasteiger partial charge in [0.15, 0.2) is 5.78 Å². The van der Waals surface area contributed by atoms with Crippen LogP contribution in [0.15, 0.2) is 24.3 Å². The summed E-state index contributed by atoms with van der Waals surface area (Å²) in [6.07, 6.45) is -0.443. The molecule has 0 atom stereocenters. The van der Waals surface area contributed by atoms with Crippen molar-refractivity contribution in [3.05, 3.63) is 35.4 Å². The second-order valence-corrected chi connectivity index (χ2v) is 4.26. The van der Waals surface area contributed by atoms with Gasteiger partial charge in [-0.25, -0.2) is 0 Å². The molecule has 1 heterocycles. The molecule has 0 fully saturated rings. The number of ether oxygens (including phenoxy) is 1. The molecule has 6 heteroatoms. The molecule has 0 saturated carbocycles. The van der Waals surface area contributed by atoms with E-state index >= 15 is 0 Å². The number of hydrogen-bond acceptors (Lipinski definition) is 5. The van der Waals surface area contributed by atoms with Crippen LogP contribution in [-0.4, -0.2) is 41.6 Å². The van der Waals surface area contributed by atoms with E-state index < -0.39 is 36.5 Å². The minimum absolute atomic E-state index is 0.180. The molecule has 1 aliphatic heterocycles. The van der Waals surface area contributed by atoms with E-state index in [0.29, 0.717) is 0 Å². The third-order valence-corrected chi connectivity index (χ3v) is 2.86. The van der Waals surface area contributed by atoms with E-state index in [1.54, 1.807) is 19.1 Å². The molecular weight excluding hydrogens is 262 g/mol. The van der Waals surface area contributed by atoms with Gasteiger partial charge in [0, 0.05) is 0 Å². The average Bonchev–Trinajstić information content (AvgIpc) is 2.65. The lowest BCUT2D eigenvalue weighted by molar-refractivity contribution is -0.145. The van der Waals surface area contributed by atoms with Gasteiger partial charge in [0.05, 0.1) is 24.3 Å². The van der Waals surface area contributed by atoms with Crippen LogP contribution in [0.2, 0.25) is 0 Å². The molecule has 1 aromatic rings. The second-order valence-electron chi connectivity index (χ2n) is 4.26. The van der Waals surface area contributed by atoms with E-state index in [4.69, 9.17) is 0 Å². The van der Waals surface area contributed by atoms with Crippen LogP contribution in [0.3, 0.4) is 0 Å². The number of benzene rings is 1. The molecule has 0 spiro atoms. The maximum absolute atomic E-state index is 12.0. The van der Waals surface area contributed by atoms with Crippen LogP contribution in [-0.2, 0) is 14.3 Å². The Morgan fingerprint density at radius 2 is 1.65 bits per heavy atom. The molecule has 1 aliphatic rings. The monoisotopic (exact) mass is 275 g/mol. The topological polar surface area (TPSA) is 80.8 Å². The van der Waals surface area contributed by atoms with Crippen molar-refractivity contribution in [3.63, 3.8) is 0 Å². The van der Waals surface area contributed by atoms with E-state index in [1.165, 1.54) is 12.1 Å². The lowest BCUT2D eigenvalue weighted by Gasteiger charge is -2.12. The first kappa shape index (κ1) is 13.9. The van der Waals surface area contributed by atoms with E-state index in [2.05, 4.69) is 4.74 Å². The summed E-state index contributed by atoms with van der Waals surface area (Å²) in [4.78, 5) is 47.7. The highest BCUT2D eigenvalue weighted by Gasteiger charge is 2.36. The number of nitrogens with zero attached hydrogens (tertiary/aromatic N) is 1. The van der Waals surface area contributed by atoms with Crippen LogP contribution in [0, 0.1) is 0 Å². The van der Waals surface area contributed by atoms with Gasteiger partial charge in [0.2, 0.25) is 0 Å². The summed E-state index contributed by atoms with van der Waals surface area (Å²) in [5.41, 5.74) is 0.558. The average molecular weight is 275 g/mol. The largest absolute Gasteiger partial charge is 0.466 e. The number of carbonyl (C=O) groups excluding carboxylic acids is 4. The van der Waals surface area contributed by atoms with Gasteiger partial charge < -0.3 is 4.74 Å². The predicted molar refractivity (Wildman–Crippen MR) is 68.1 cm³/mol. The minimum Gasteiger partial charge on any atom is -0.466 e. The van der Waals surface area contributed by atoms with Crippen molar-refractivity contribution in [3.8, 4) is 0 Å². The molecule has 0 unspecified atom stereocenters. The number of fused-ring (bicyclic) bond motifs is 1. The molecule has 0 N–H and O–H groups in total. The van der Waals surface area contributed by atoms with Gasteiger partial charge in [0.25, 0.3) is 11.8 Å². The Bertz CT molecular complexity index is 558. The second kappa shape index (κ2) is 5.64. The van der Waals surface area contributed by atoms with Gasteiger partial charge in [-0.3, -0.25) is 24.1 Å². The Labute approximate surface area is 115 Å². The Hall–Kier alpha value is -2.50. The summed E-state index contributed by atoms with van der Waals surface area (Å²) in [6.45, 7) is 1.40. The summed E-state index contributed by atoms with van der Waals surface area (Å²) >= 11 is 0. The molecule has 0 radical (unpaired) electrons. The summed E-state index contributed by atoms with van der Waals surface area (Å²) < 4.78 is 4.64. The Kier molecular flexibility index (Phi) is 3.93. The summed E-state index contributed by atoms with van der Waals surface area (Å²) in [5, 5.41) is 0. The molecule has 1 aromatic carbocycles. The van der Waals surface area contributed by atoms with Crippen LogP contribution in [0.25, 0.3) is 0 Å². The zero-order chi connectivity index (χ0) is 14.7. The van der Waals surface area contributed by atoms with E-state index in [1.807, 2.05) is 0 Å². The highest BCUT2D eigenvalue weighted by Crippen LogP contribution is 2.22. The number of Topliss-reactive ketones (excluding diaryl/α,β-unsaturated/α-hetero) is 1.